The molecule has 0 aliphatic carbocycles. The molecule has 10 nitrogen and oxygen atoms in total. The van der Waals surface area contributed by atoms with Crippen LogP contribution < -0.4 is 9.47 Å². The van der Waals surface area contributed by atoms with E-state index in [0.29, 0.717) is 12.2 Å². The van der Waals surface area contributed by atoms with Gasteiger partial charge in [-0.25, -0.2) is 4.79 Å². The van der Waals surface area contributed by atoms with Crippen molar-refractivity contribution in [2.45, 2.75) is 71.4 Å². The van der Waals surface area contributed by atoms with Crippen molar-refractivity contribution in [3.63, 3.8) is 0 Å². The van der Waals surface area contributed by atoms with Gasteiger partial charge in [0.1, 0.15) is 29.7 Å². The Balaban J connectivity index is 1.53. The molecule has 2 heterocycles. The molecule has 10 heteroatoms. The number of nitro benzene ring substituents is 1. The van der Waals surface area contributed by atoms with Crippen molar-refractivity contribution in [3.8, 4) is 11.5 Å². The van der Waals surface area contributed by atoms with Crippen LogP contribution in [0.3, 0.4) is 0 Å². The molecular weight excluding hydrogens is 492 g/mol. The molecule has 0 saturated carbocycles. The van der Waals surface area contributed by atoms with Crippen LogP contribution in [0.1, 0.15) is 52.2 Å². The summed E-state index contributed by atoms with van der Waals surface area (Å²) in [6.07, 6.45) is -0.730. The maximum absolute atomic E-state index is 12.8. The molecule has 0 aromatic heterocycles. The summed E-state index contributed by atoms with van der Waals surface area (Å²) in [5.74, 6) is -0.357. The number of fused-ring (bicyclic) bond motifs is 1. The monoisotopic (exact) mass is 526 g/mol. The first-order valence-electron chi connectivity index (χ1n) is 12.6. The van der Waals surface area contributed by atoms with Crippen LogP contribution in [0.25, 0.3) is 0 Å². The Morgan fingerprint density at radius 1 is 1.16 bits per heavy atom. The smallest absolute Gasteiger partial charge is 0.410 e. The van der Waals surface area contributed by atoms with E-state index in [4.69, 9.17) is 18.9 Å². The Morgan fingerprint density at radius 2 is 1.87 bits per heavy atom. The van der Waals surface area contributed by atoms with Crippen LogP contribution >= 0.6 is 0 Å². The molecule has 2 aliphatic rings. The fourth-order valence-corrected chi connectivity index (χ4v) is 4.68. The molecule has 1 fully saturated rings. The first kappa shape index (κ1) is 27.2. The van der Waals surface area contributed by atoms with Crippen molar-refractivity contribution in [3.05, 3.63) is 63.7 Å². The number of carbonyl (C=O) groups excluding carboxylic acids is 2. The van der Waals surface area contributed by atoms with Crippen LogP contribution in [0, 0.1) is 16.0 Å². The molecule has 204 valence electrons. The minimum absolute atomic E-state index is 0.0287. The van der Waals surface area contributed by atoms with Crippen molar-refractivity contribution in [1.82, 2.24) is 4.90 Å². The van der Waals surface area contributed by atoms with Crippen molar-refractivity contribution in [1.29, 1.82) is 0 Å². The van der Waals surface area contributed by atoms with E-state index in [0.717, 1.165) is 11.1 Å². The second-order valence-electron chi connectivity index (χ2n) is 11.4. The highest BCUT2D eigenvalue weighted by Gasteiger charge is 2.42. The third kappa shape index (κ3) is 6.73. The summed E-state index contributed by atoms with van der Waals surface area (Å²) in [5.41, 5.74) is 0.208. The predicted octanol–water partition coefficient (Wildman–Crippen LogP) is 5.06. The van der Waals surface area contributed by atoms with Crippen molar-refractivity contribution < 1.29 is 33.5 Å². The molecule has 38 heavy (non-hydrogen) atoms. The van der Waals surface area contributed by atoms with Crippen molar-refractivity contribution >= 4 is 17.7 Å². The number of amides is 1. The van der Waals surface area contributed by atoms with Crippen molar-refractivity contribution in [2.24, 2.45) is 5.92 Å². The van der Waals surface area contributed by atoms with Gasteiger partial charge in [0.05, 0.1) is 17.9 Å². The molecule has 2 atom stereocenters. The number of nitrogens with zero attached hydrogens (tertiary/aromatic N) is 2. The van der Waals surface area contributed by atoms with Gasteiger partial charge in [0, 0.05) is 36.6 Å². The number of benzene rings is 2. The lowest BCUT2D eigenvalue weighted by atomic mass is 10.0. The second kappa shape index (κ2) is 10.5. The zero-order valence-corrected chi connectivity index (χ0v) is 22.4. The minimum atomic E-state index is -0.705. The fourth-order valence-electron chi connectivity index (χ4n) is 4.68. The van der Waals surface area contributed by atoms with Crippen LogP contribution in [0.15, 0.2) is 42.5 Å². The zero-order valence-electron chi connectivity index (χ0n) is 22.4. The molecule has 0 bridgehead atoms. The van der Waals surface area contributed by atoms with E-state index in [1.54, 1.807) is 20.8 Å². The van der Waals surface area contributed by atoms with E-state index in [1.807, 2.05) is 44.2 Å². The van der Waals surface area contributed by atoms with E-state index in [2.05, 4.69) is 0 Å². The van der Waals surface area contributed by atoms with E-state index < -0.39 is 40.2 Å². The summed E-state index contributed by atoms with van der Waals surface area (Å²) in [4.78, 5) is 38.4. The summed E-state index contributed by atoms with van der Waals surface area (Å²) in [7, 11) is 0. The number of likely N-dealkylation sites (tertiary alicyclic amines) is 1. The van der Waals surface area contributed by atoms with Crippen LogP contribution in [-0.2, 0) is 27.3 Å². The quantitative estimate of drug-likeness (QED) is 0.279. The third-order valence-electron chi connectivity index (χ3n) is 6.32. The van der Waals surface area contributed by atoms with Gasteiger partial charge in [-0.1, -0.05) is 30.3 Å². The molecule has 2 aromatic carbocycles. The molecule has 4 rings (SSSR count). The zero-order chi connectivity index (χ0) is 27.7. The lowest BCUT2D eigenvalue weighted by Gasteiger charge is -2.24. The first-order chi connectivity index (χ1) is 17.8. The Morgan fingerprint density at radius 3 is 2.53 bits per heavy atom. The number of esters is 1. The number of nitro groups is 1. The predicted molar refractivity (Wildman–Crippen MR) is 138 cm³/mol. The summed E-state index contributed by atoms with van der Waals surface area (Å²) in [6, 6.07) is 12.3. The van der Waals surface area contributed by atoms with E-state index in [1.165, 1.54) is 17.0 Å². The van der Waals surface area contributed by atoms with E-state index in [9.17, 15) is 19.7 Å². The van der Waals surface area contributed by atoms with Gasteiger partial charge >= 0.3 is 17.7 Å². The molecule has 0 radical (unpaired) electrons. The molecule has 2 aliphatic heterocycles. The van der Waals surface area contributed by atoms with Gasteiger partial charge in [-0.05, 0) is 40.2 Å². The maximum Gasteiger partial charge on any atom is 0.410 e. The molecule has 0 N–H and O–H groups in total. The van der Waals surface area contributed by atoms with Gasteiger partial charge < -0.3 is 23.8 Å². The van der Waals surface area contributed by atoms with Gasteiger partial charge in [0.2, 0.25) is 5.75 Å². The van der Waals surface area contributed by atoms with Crippen LogP contribution in [0.5, 0.6) is 11.5 Å². The third-order valence-corrected chi connectivity index (χ3v) is 6.32. The SMILES string of the molecule is CC(C)(C)OC(=O)N1CC(Oc2cc3c(cc2[N+](=O)[O-])CC(C)(C)O3)[C@@H](CC(=O)OCc2ccccc2)C1. The Bertz CT molecular complexity index is 1210. The number of carbonyl (C=O) groups is 2. The average Bonchev–Trinajstić information content (AvgIpc) is 3.35. The van der Waals surface area contributed by atoms with Gasteiger partial charge in [0.25, 0.3) is 0 Å². The second-order valence-corrected chi connectivity index (χ2v) is 11.4. The Hall–Kier alpha value is -3.82. The summed E-state index contributed by atoms with van der Waals surface area (Å²) >= 11 is 0. The number of hydrogen-bond donors (Lipinski definition) is 0. The molecule has 0 spiro atoms. The molecule has 1 amide bonds. The number of rotatable bonds is 7. The van der Waals surface area contributed by atoms with Crippen LogP contribution in [0.2, 0.25) is 0 Å². The molecular formula is C28H34N2O8. The standard InChI is InChI=1S/C28H34N2O8/c1-27(2,3)38-26(32)29-15-20(12-25(31)35-17-18-9-7-6-8-10-18)24(16-29)36-23-13-22-19(11-21(23)30(33)34)14-28(4,5)37-22/h6-11,13,20,24H,12,14-17H2,1-5H3/t20-,24?/m0/s1. The number of ether oxygens (including phenoxy) is 4. The Labute approximate surface area is 222 Å². The molecule has 2 aromatic rings. The topological polar surface area (TPSA) is 117 Å². The largest absolute Gasteiger partial charge is 0.487 e. The number of hydrogen-bond acceptors (Lipinski definition) is 8. The first-order valence-corrected chi connectivity index (χ1v) is 12.6. The van der Waals surface area contributed by atoms with Crippen molar-refractivity contribution in [2.75, 3.05) is 13.1 Å². The van der Waals surface area contributed by atoms with Crippen LogP contribution in [-0.4, -0.2) is 52.3 Å². The highest BCUT2D eigenvalue weighted by atomic mass is 16.6. The summed E-state index contributed by atoms with van der Waals surface area (Å²) in [5, 5.41) is 11.9. The van der Waals surface area contributed by atoms with Crippen LogP contribution in [0.4, 0.5) is 10.5 Å². The van der Waals surface area contributed by atoms with Gasteiger partial charge in [-0.3, -0.25) is 14.9 Å². The maximum atomic E-state index is 12.8. The highest BCUT2D eigenvalue weighted by molar-refractivity contribution is 5.71. The average molecular weight is 527 g/mol. The normalized spacial score (nSPS) is 19.9. The lowest BCUT2D eigenvalue weighted by Crippen LogP contribution is -2.36. The fraction of sp³-hybridized carbons (Fsp3) is 0.500. The van der Waals surface area contributed by atoms with Gasteiger partial charge in [-0.2, -0.15) is 0 Å². The summed E-state index contributed by atoms with van der Waals surface area (Å²) in [6.45, 7) is 9.53. The molecule has 1 unspecified atom stereocenters. The molecule has 1 saturated heterocycles. The lowest BCUT2D eigenvalue weighted by molar-refractivity contribution is -0.386. The van der Waals surface area contributed by atoms with Gasteiger partial charge in [-0.15, -0.1) is 0 Å². The Kier molecular flexibility index (Phi) is 7.53. The van der Waals surface area contributed by atoms with E-state index >= 15 is 0 Å². The van der Waals surface area contributed by atoms with Gasteiger partial charge in [0.15, 0.2) is 0 Å². The minimum Gasteiger partial charge on any atom is -0.487 e. The highest BCUT2D eigenvalue weighted by Crippen LogP contribution is 2.43. The summed E-state index contributed by atoms with van der Waals surface area (Å²) < 4.78 is 23.1. The van der Waals surface area contributed by atoms with E-state index in [-0.39, 0.29) is 37.6 Å².